The topological polar surface area (TPSA) is 25.8 Å². The molecule has 2 rings (SSSR count). The van der Waals surface area contributed by atoms with E-state index in [4.69, 9.17) is 34.8 Å². The fourth-order valence-corrected chi connectivity index (χ4v) is 2.58. The molecule has 0 bridgehead atoms. The van der Waals surface area contributed by atoms with Crippen LogP contribution in [0.3, 0.4) is 0 Å². The molecule has 0 saturated heterocycles. The zero-order chi connectivity index (χ0) is 10.8. The van der Waals surface area contributed by atoms with Gasteiger partial charge in [-0.3, -0.25) is 0 Å². The van der Waals surface area contributed by atoms with Gasteiger partial charge in [0.05, 0.1) is 10.9 Å². The van der Waals surface area contributed by atoms with Crippen LogP contribution >= 0.6 is 46.1 Å². The molecule has 0 radical (unpaired) electrons. The molecule has 6 heteroatoms. The summed E-state index contributed by atoms with van der Waals surface area (Å²) >= 11 is 18.9. The fraction of sp³-hybridized carbons (Fsp3) is 0.111. The standard InChI is InChI=1S/C9H5Cl3N2S/c10-4-8-13-14-9(15-8)6-2-1-5(11)3-7(6)12/h1-3H,4H2. The van der Waals surface area contributed by atoms with Crippen LogP contribution in [-0.4, -0.2) is 10.2 Å². The van der Waals surface area contributed by atoms with Gasteiger partial charge in [0, 0.05) is 10.6 Å². The smallest absolute Gasteiger partial charge is 0.142 e. The second-order valence-electron chi connectivity index (χ2n) is 2.76. The Labute approximate surface area is 106 Å². The predicted octanol–water partition coefficient (Wildman–Crippen LogP) is 4.25. The molecule has 0 N–H and O–H groups in total. The Morgan fingerprint density at radius 2 is 2.00 bits per heavy atom. The minimum Gasteiger partial charge on any atom is -0.142 e. The molecule has 2 nitrogen and oxygen atoms in total. The normalized spacial score (nSPS) is 10.6. The van der Waals surface area contributed by atoms with E-state index in [1.54, 1.807) is 12.1 Å². The molecular weight excluding hydrogens is 275 g/mol. The summed E-state index contributed by atoms with van der Waals surface area (Å²) in [5.41, 5.74) is 0.829. The first-order valence-corrected chi connectivity index (χ1v) is 6.15. The predicted molar refractivity (Wildman–Crippen MR) is 64.9 cm³/mol. The highest BCUT2D eigenvalue weighted by Crippen LogP contribution is 2.32. The summed E-state index contributed by atoms with van der Waals surface area (Å²) in [5.74, 6) is 0.364. The Hall–Kier alpha value is -0.350. The Morgan fingerprint density at radius 3 is 2.60 bits per heavy atom. The molecule has 0 atom stereocenters. The van der Waals surface area contributed by atoms with Crippen LogP contribution in [0.2, 0.25) is 10.0 Å². The first-order chi connectivity index (χ1) is 7.20. The number of alkyl halides is 1. The van der Waals surface area contributed by atoms with Gasteiger partial charge in [-0.1, -0.05) is 34.5 Å². The maximum absolute atomic E-state index is 6.04. The molecule has 0 saturated carbocycles. The molecule has 0 aliphatic rings. The van der Waals surface area contributed by atoms with Gasteiger partial charge in [-0.2, -0.15) is 0 Å². The van der Waals surface area contributed by atoms with Crippen LogP contribution in [0.5, 0.6) is 0 Å². The van der Waals surface area contributed by atoms with Crippen LogP contribution in [0.15, 0.2) is 18.2 Å². The summed E-state index contributed by atoms with van der Waals surface area (Å²) < 4.78 is 0. The highest BCUT2D eigenvalue weighted by atomic mass is 35.5. The lowest BCUT2D eigenvalue weighted by atomic mass is 10.2. The second kappa shape index (κ2) is 4.66. The van der Waals surface area contributed by atoms with Gasteiger partial charge < -0.3 is 0 Å². The molecule has 0 aliphatic carbocycles. The number of aromatic nitrogens is 2. The van der Waals surface area contributed by atoms with Gasteiger partial charge in [-0.25, -0.2) is 0 Å². The van der Waals surface area contributed by atoms with Crippen molar-refractivity contribution in [2.75, 3.05) is 0 Å². The Morgan fingerprint density at radius 1 is 1.20 bits per heavy atom. The Bertz CT molecular complexity index is 484. The summed E-state index contributed by atoms with van der Waals surface area (Å²) in [6.07, 6.45) is 0. The summed E-state index contributed by atoms with van der Waals surface area (Å²) in [4.78, 5) is 0. The first-order valence-electron chi connectivity index (χ1n) is 4.04. The molecule has 2 aromatic rings. The van der Waals surface area contributed by atoms with Crippen molar-refractivity contribution in [1.82, 2.24) is 10.2 Å². The van der Waals surface area contributed by atoms with Crippen molar-refractivity contribution in [3.8, 4) is 10.6 Å². The van der Waals surface area contributed by atoms with Crippen molar-refractivity contribution in [2.24, 2.45) is 0 Å². The van der Waals surface area contributed by atoms with E-state index in [0.29, 0.717) is 15.9 Å². The highest BCUT2D eigenvalue weighted by molar-refractivity contribution is 7.14. The second-order valence-corrected chi connectivity index (χ2v) is 4.93. The van der Waals surface area contributed by atoms with E-state index in [-0.39, 0.29) is 0 Å². The van der Waals surface area contributed by atoms with Gasteiger partial charge in [0.25, 0.3) is 0 Å². The molecular formula is C9H5Cl3N2S. The monoisotopic (exact) mass is 278 g/mol. The number of rotatable bonds is 2. The highest BCUT2D eigenvalue weighted by Gasteiger charge is 2.09. The van der Waals surface area contributed by atoms with Gasteiger partial charge in [0.1, 0.15) is 10.0 Å². The largest absolute Gasteiger partial charge is 0.149 e. The van der Waals surface area contributed by atoms with E-state index >= 15 is 0 Å². The van der Waals surface area contributed by atoms with Crippen molar-refractivity contribution in [3.05, 3.63) is 33.3 Å². The van der Waals surface area contributed by atoms with Crippen LogP contribution < -0.4 is 0 Å². The van der Waals surface area contributed by atoms with E-state index < -0.39 is 0 Å². The number of hydrogen-bond donors (Lipinski definition) is 0. The molecule has 0 spiro atoms. The summed E-state index contributed by atoms with van der Waals surface area (Å²) in [7, 11) is 0. The zero-order valence-electron chi connectivity index (χ0n) is 7.38. The van der Waals surface area contributed by atoms with Crippen molar-refractivity contribution in [3.63, 3.8) is 0 Å². The lowest BCUT2D eigenvalue weighted by molar-refractivity contribution is 1.04. The average Bonchev–Trinajstić information content (AvgIpc) is 2.66. The lowest BCUT2D eigenvalue weighted by Gasteiger charge is -1.99. The van der Waals surface area contributed by atoms with Crippen LogP contribution in [0, 0.1) is 0 Å². The molecule has 1 aromatic heterocycles. The third-order valence-corrected chi connectivity index (χ3v) is 3.66. The van der Waals surface area contributed by atoms with Gasteiger partial charge in [0.15, 0.2) is 0 Å². The van der Waals surface area contributed by atoms with Gasteiger partial charge in [0.2, 0.25) is 0 Å². The Kier molecular flexibility index (Phi) is 3.46. The van der Waals surface area contributed by atoms with Crippen LogP contribution in [-0.2, 0) is 5.88 Å². The number of nitrogens with zero attached hydrogens (tertiary/aromatic N) is 2. The third-order valence-electron chi connectivity index (χ3n) is 1.74. The fourth-order valence-electron chi connectivity index (χ4n) is 1.08. The minimum absolute atomic E-state index is 0.364. The van der Waals surface area contributed by atoms with Crippen LogP contribution in [0.25, 0.3) is 10.6 Å². The van der Waals surface area contributed by atoms with E-state index in [1.165, 1.54) is 11.3 Å². The van der Waals surface area contributed by atoms with Crippen molar-refractivity contribution in [2.45, 2.75) is 5.88 Å². The SMILES string of the molecule is ClCc1nnc(-c2ccc(Cl)cc2Cl)s1. The molecule has 0 fully saturated rings. The summed E-state index contributed by atoms with van der Waals surface area (Å²) in [6, 6.07) is 5.27. The maximum Gasteiger partial charge on any atom is 0.149 e. The molecule has 0 aliphatic heterocycles. The average molecular weight is 280 g/mol. The van der Waals surface area contributed by atoms with Gasteiger partial charge in [-0.15, -0.1) is 21.8 Å². The van der Waals surface area contributed by atoms with E-state index in [1.807, 2.05) is 6.07 Å². The summed E-state index contributed by atoms with van der Waals surface area (Å²) in [5, 5.41) is 10.6. The lowest BCUT2D eigenvalue weighted by Crippen LogP contribution is -1.79. The first kappa shape index (κ1) is 11.1. The van der Waals surface area contributed by atoms with E-state index in [2.05, 4.69) is 10.2 Å². The van der Waals surface area contributed by atoms with Crippen molar-refractivity contribution in [1.29, 1.82) is 0 Å². The van der Waals surface area contributed by atoms with Crippen LogP contribution in [0.1, 0.15) is 5.01 Å². The molecule has 1 heterocycles. The number of hydrogen-bond acceptors (Lipinski definition) is 3. The minimum atomic E-state index is 0.364. The van der Waals surface area contributed by atoms with Crippen molar-refractivity contribution < 1.29 is 0 Å². The Balaban J connectivity index is 2.44. The molecule has 0 amide bonds. The van der Waals surface area contributed by atoms with Gasteiger partial charge in [-0.05, 0) is 18.2 Å². The number of benzene rings is 1. The van der Waals surface area contributed by atoms with E-state index in [0.717, 1.165) is 15.6 Å². The number of halogens is 3. The molecule has 15 heavy (non-hydrogen) atoms. The molecule has 0 unspecified atom stereocenters. The van der Waals surface area contributed by atoms with Gasteiger partial charge >= 0.3 is 0 Å². The summed E-state index contributed by atoms with van der Waals surface area (Å²) in [6.45, 7) is 0. The van der Waals surface area contributed by atoms with E-state index in [9.17, 15) is 0 Å². The van der Waals surface area contributed by atoms with Crippen molar-refractivity contribution >= 4 is 46.1 Å². The molecule has 1 aromatic carbocycles. The molecule has 78 valence electrons. The maximum atomic E-state index is 6.04. The van der Waals surface area contributed by atoms with Crippen LogP contribution in [0.4, 0.5) is 0 Å². The quantitative estimate of drug-likeness (QED) is 0.768. The third kappa shape index (κ3) is 2.42. The zero-order valence-corrected chi connectivity index (χ0v) is 10.5.